The Bertz CT molecular complexity index is 933. The van der Waals surface area contributed by atoms with Gasteiger partial charge in [-0.05, 0) is 11.6 Å². The van der Waals surface area contributed by atoms with E-state index in [-0.39, 0.29) is 11.4 Å². The van der Waals surface area contributed by atoms with E-state index >= 15 is 0 Å². The van der Waals surface area contributed by atoms with Crippen LogP contribution in [0.1, 0.15) is 16.8 Å². The monoisotopic (exact) mass is 295 g/mol. The van der Waals surface area contributed by atoms with Crippen molar-refractivity contribution >= 4 is 28.4 Å². The number of hydrogen-bond acceptors (Lipinski definition) is 5. The summed E-state index contributed by atoms with van der Waals surface area (Å²) in [6.45, 7) is 0. The van der Waals surface area contributed by atoms with E-state index in [0.717, 1.165) is 21.3 Å². The molecule has 0 spiro atoms. The second-order valence-corrected chi connectivity index (χ2v) is 5.08. The molecule has 21 heavy (non-hydrogen) atoms. The van der Waals surface area contributed by atoms with Crippen molar-refractivity contribution in [3.63, 3.8) is 0 Å². The minimum Gasteiger partial charge on any atom is -0.494 e. The molecule has 3 aromatic rings. The van der Waals surface area contributed by atoms with Gasteiger partial charge in [-0.1, -0.05) is 36.4 Å². The molecule has 2 heterocycles. The van der Waals surface area contributed by atoms with E-state index in [1.165, 1.54) is 5.38 Å². The van der Waals surface area contributed by atoms with Crippen LogP contribution in [0, 0.1) is 11.3 Å². The van der Waals surface area contributed by atoms with Crippen LogP contribution in [0.25, 0.3) is 17.1 Å². The third kappa shape index (κ3) is 2.30. The highest BCUT2D eigenvalue weighted by Gasteiger charge is 2.14. The van der Waals surface area contributed by atoms with E-state index in [1.54, 1.807) is 12.2 Å². The molecule has 5 nitrogen and oxygen atoms in total. The Balaban J connectivity index is 2.17. The molecule has 0 radical (unpaired) electrons. The first-order valence-electron chi connectivity index (χ1n) is 6.07. The number of thiazole rings is 1. The standard InChI is InChI=1S/C15H9N3O2S/c16-8-11-12(7-6-10-4-2-1-3-5-10)17-15-18(14(11)20)13(19)9-21-15/h1-7,9,19H. The van der Waals surface area contributed by atoms with Crippen molar-refractivity contribution in [2.75, 3.05) is 0 Å². The van der Waals surface area contributed by atoms with Crippen molar-refractivity contribution in [3.8, 4) is 11.9 Å². The fourth-order valence-electron chi connectivity index (χ4n) is 1.92. The maximum atomic E-state index is 12.2. The number of benzene rings is 1. The van der Waals surface area contributed by atoms with E-state index in [0.29, 0.717) is 10.7 Å². The minimum absolute atomic E-state index is 0.0895. The molecule has 0 aliphatic heterocycles. The summed E-state index contributed by atoms with van der Waals surface area (Å²) in [5.41, 5.74) is 0.591. The largest absolute Gasteiger partial charge is 0.494 e. The molecule has 0 aliphatic carbocycles. The minimum atomic E-state index is -0.561. The predicted octanol–water partition coefficient (Wildman–Crippen LogP) is 2.50. The van der Waals surface area contributed by atoms with E-state index < -0.39 is 5.56 Å². The molecule has 0 amide bonds. The highest BCUT2D eigenvalue weighted by Crippen LogP contribution is 2.19. The van der Waals surface area contributed by atoms with Gasteiger partial charge in [0.05, 0.1) is 11.1 Å². The first-order valence-corrected chi connectivity index (χ1v) is 6.95. The molecule has 0 fully saturated rings. The summed E-state index contributed by atoms with van der Waals surface area (Å²) in [4.78, 5) is 16.8. The summed E-state index contributed by atoms with van der Waals surface area (Å²) in [5.74, 6) is -0.206. The van der Waals surface area contributed by atoms with Gasteiger partial charge >= 0.3 is 0 Å². The highest BCUT2D eigenvalue weighted by atomic mass is 32.1. The fraction of sp³-hybridized carbons (Fsp3) is 0. The number of nitrogens with zero attached hydrogens (tertiary/aromatic N) is 3. The number of rotatable bonds is 2. The lowest BCUT2D eigenvalue weighted by Crippen LogP contribution is -2.18. The topological polar surface area (TPSA) is 78.4 Å². The molecular formula is C15H9N3O2S. The zero-order valence-corrected chi connectivity index (χ0v) is 11.5. The second-order valence-electron chi connectivity index (χ2n) is 4.24. The van der Waals surface area contributed by atoms with Gasteiger partial charge in [0.25, 0.3) is 5.56 Å². The van der Waals surface area contributed by atoms with Crippen molar-refractivity contribution in [2.45, 2.75) is 0 Å². The molecule has 0 unspecified atom stereocenters. The first kappa shape index (κ1) is 13.1. The van der Waals surface area contributed by atoms with Crippen molar-refractivity contribution in [2.24, 2.45) is 0 Å². The molecule has 6 heteroatoms. The van der Waals surface area contributed by atoms with Gasteiger partial charge in [-0.3, -0.25) is 4.79 Å². The molecule has 0 saturated heterocycles. The number of hydrogen-bond donors (Lipinski definition) is 1. The lowest BCUT2D eigenvalue weighted by atomic mass is 10.1. The van der Waals surface area contributed by atoms with Crippen molar-refractivity contribution < 1.29 is 5.11 Å². The molecule has 102 valence electrons. The summed E-state index contributed by atoms with van der Waals surface area (Å²) in [6.07, 6.45) is 3.42. The van der Waals surface area contributed by atoms with Gasteiger partial charge in [0.2, 0.25) is 5.88 Å². The Morgan fingerprint density at radius 3 is 2.76 bits per heavy atom. The molecule has 0 saturated carbocycles. The SMILES string of the molecule is N#Cc1c(C=Cc2ccccc2)nc2scc(O)n2c1=O. The highest BCUT2D eigenvalue weighted by molar-refractivity contribution is 7.15. The zero-order valence-electron chi connectivity index (χ0n) is 10.7. The summed E-state index contributed by atoms with van der Waals surface area (Å²) in [5, 5.41) is 20.2. The Morgan fingerprint density at radius 1 is 1.29 bits per heavy atom. The Kier molecular flexibility index (Phi) is 3.26. The Morgan fingerprint density at radius 2 is 2.05 bits per heavy atom. The average molecular weight is 295 g/mol. The van der Waals surface area contributed by atoms with Crippen LogP contribution < -0.4 is 5.56 Å². The van der Waals surface area contributed by atoms with Gasteiger partial charge in [-0.15, -0.1) is 11.3 Å². The van der Waals surface area contributed by atoms with Crippen molar-refractivity contribution in [1.82, 2.24) is 9.38 Å². The fourth-order valence-corrected chi connectivity index (χ4v) is 2.67. The van der Waals surface area contributed by atoms with Crippen LogP contribution in [-0.4, -0.2) is 14.5 Å². The van der Waals surface area contributed by atoms with E-state index in [9.17, 15) is 9.90 Å². The van der Waals surface area contributed by atoms with E-state index in [4.69, 9.17) is 5.26 Å². The average Bonchev–Trinajstić information content (AvgIpc) is 2.88. The molecular weight excluding hydrogens is 286 g/mol. The zero-order chi connectivity index (χ0) is 14.8. The lowest BCUT2D eigenvalue weighted by Gasteiger charge is -1.99. The summed E-state index contributed by atoms with van der Waals surface area (Å²) in [7, 11) is 0. The van der Waals surface area contributed by atoms with Crippen LogP contribution in [0.5, 0.6) is 5.88 Å². The summed E-state index contributed by atoms with van der Waals surface area (Å²) >= 11 is 1.14. The van der Waals surface area contributed by atoms with Crippen LogP contribution in [0.2, 0.25) is 0 Å². The molecule has 3 rings (SSSR count). The lowest BCUT2D eigenvalue weighted by molar-refractivity contribution is 0.446. The van der Waals surface area contributed by atoms with Gasteiger partial charge < -0.3 is 5.11 Å². The first-order chi connectivity index (χ1) is 10.2. The van der Waals surface area contributed by atoms with Gasteiger partial charge in [-0.25, -0.2) is 9.38 Å². The Hall–Kier alpha value is -2.91. The van der Waals surface area contributed by atoms with Crippen molar-refractivity contribution in [3.05, 3.63) is 62.9 Å². The second kappa shape index (κ2) is 5.23. The normalized spacial score (nSPS) is 11.0. The third-order valence-electron chi connectivity index (χ3n) is 2.92. The van der Waals surface area contributed by atoms with Gasteiger partial charge in [-0.2, -0.15) is 5.26 Å². The summed E-state index contributed by atoms with van der Waals surface area (Å²) < 4.78 is 1.03. The van der Waals surface area contributed by atoms with Crippen LogP contribution in [0.15, 0.2) is 40.5 Å². The quantitative estimate of drug-likeness (QED) is 0.788. The molecule has 0 atom stereocenters. The molecule has 1 aromatic carbocycles. The number of aromatic hydroxyl groups is 1. The molecule has 1 N–H and O–H groups in total. The molecule has 0 aliphatic rings. The maximum Gasteiger partial charge on any atom is 0.279 e. The van der Waals surface area contributed by atoms with E-state index in [1.807, 2.05) is 36.4 Å². The van der Waals surface area contributed by atoms with Crippen LogP contribution in [0.4, 0.5) is 0 Å². The molecule has 2 aromatic heterocycles. The number of nitriles is 1. The third-order valence-corrected chi connectivity index (χ3v) is 3.74. The Labute approximate surface area is 123 Å². The van der Waals surface area contributed by atoms with Crippen molar-refractivity contribution in [1.29, 1.82) is 5.26 Å². The van der Waals surface area contributed by atoms with Gasteiger partial charge in [0.15, 0.2) is 4.96 Å². The van der Waals surface area contributed by atoms with Crippen LogP contribution >= 0.6 is 11.3 Å². The molecule has 0 bridgehead atoms. The van der Waals surface area contributed by atoms with Gasteiger partial charge in [0.1, 0.15) is 11.6 Å². The number of fused-ring (bicyclic) bond motifs is 1. The van der Waals surface area contributed by atoms with Crippen LogP contribution in [-0.2, 0) is 0 Å². The maximum absolute atomic E-state index is 12.2. The van der Waals surface area contributed by atoms with E-state index in [2.05, 4.69) is 4.98 Å². The summed E-state index contributed by atoms with van der Waals surface area (Å²) in [6, 6.07) is 11.4. The number of aromatic nitrogens is 2. The van der Waals surface area contributed by atoms with Crippen LogP contribution in [0.3, 0.4) is 0 Å². The smallest absolute Gasteiger partial charge is 0.279 e. The predicted molar refractivity (Wildman–Crippen MR) is 81.1 cm³/mol. The van der Waals surface area contributed by atoms with Gasteiger partial charge in [0, 0.05) is 0 Å².